The number of rotatable bonds is 4. The number of fused-ring (bicyclic) bond motifs is 3. The van der Waals surface area contributed by atoms with Crippen LogP contribution in [0.15, 0.2) is 65.6 Å². The van der Waals surface area contributed by atoms with E-state index in [-0.39, 0.29) is 4.90 Å². The number of aryl methyl sites for hydroxylation is 1. The summed E-state index contributed by atoms with van der Waals surface area (Å²) >= 11 is 0. The number of anilines is 2. The van der Waals surface area contributed by atoms with Crippen LogP contribution in [0.25, 0.3) is 10.8 Å². The Bertz CT molecular complexity index is 1170. The van der Waals surface area contributed by atoms with Crippen LogP contribution in [-0.2, 0) is 10.0 Å². The van der Waals surface area contributed by atoms with Crippen molar-refractivity contribution < 1.29 is 8.42 Å². The molecule has 2 aliphatic rings. The highest BCUT2D eigenvalue weighted by molar-refractivity contribution is 7.92. The Morgan fingerprint density at radius 3 is 2.28 bits per heavy atom. The van der Waals surface area contributed by atoms with Crippen molar-refractivity contribution in [2.75, 3.05) is 29.8 Å². The van der Waals surface area contributed by atoms with Crippen LogP contribution in [0.5, 0.6) is 0 Å². The quantitative estimate of drug-likeness (QED) is 0.714. The number of hydrogen-bond donors (Lipinski definition) is 1. The Labute approximate surface area is 172 Å². The summed E-state index contributed by atoms with van der Waals surface area (Å²) in [5.41, 5.74) is 2.84. The van der Waals surface area contributed by atoms with Gasteiger partial charge in [0.25, 0.3) is 10.0 Å². The van der Waals surface area contributed by atoms with E-state index in [1.54, 1.807) is 12.1 Å². The fourth-order valence-electron chi connectivity index (χ4n) is 4.70. The molecule has 0 spiro atoms. The van der Waals surface area contributed by atoms with Crippen molar-refractivity contribution in [3.05, 3.63) is 66.2 Å². The summed E-state index contributed by atoms with van der Waals surface area (Å²) in [4.78, 5) is 5.20. The van der Waals surface area contributed by atoms with E-state index in [1.807, 2.05) is 43.3 Å². The maximum absolute atomic E-state index is 12.9. The van der Waals surface area contributed by atoms with Gasteiger partial charge in [0.15, 0.2) is 0 Å². The minimum atomic E-state index is -3.64. The van der Waals surface area contributed by atoms with E-state index in [1.165, 1.54) is 12.1 Å². The van der Waals surface area contributed by atoms with Crippen LogP contribution in [0.2, 0.25) is 0 Å². The van der Waals surface area contributed by atoms with Crippen LogP contribution in [-0.4, -0.2) is 45.5 Å². The lowest BCUT2D eigenvalue weighted by Crippen LogP contribution is -2.44. The molecule has 2 heterocycles. The SMILES string of the molecule is Cc1ccc(S(=O)(=O)Nc2ccc(N3CC4CC3CN4C)c3ccccc23)cc1. The van der Waals surface area contributed by atoms with Crippen molar-refractivity contribution in [1.29, 1.82) is 0 Å². The van der Waals surface area contributed by atoms with Gasteiger partial charge in [-0.25, -0.2) is 8.42 Å². The third-order valence-corrected chi connectivity index (χ3v) is 7.68. The molecule has 5 nitrogen and oxygen atoms in total. The van der Waals surface area contributed by atoms with E-state index in [2.05, 4.69) is 33.7 Å². The molecule has 3 aromatic rings. The Kier molecular flexibility index (Phi) is 4.29. The Balaban J connectivity index is 1.53. The van der Waals surface area contributed by atoms with Crippen molar-refractivity contribution in [3.63, 3.8) is 0 Å². The number of hydrogen-bond acceptors (Lipinski definition) is 4. The monoisotopic (exact) mass is 407 g/mol. The van der Waals surface area contributed by atoms with Crippen molar-refractivity contribution in [3.8, 4) is 0 Å². The zero-order valence-corrected chi connectivity index (χ0v) is 17.5. The highest BCUT2D eigenvalue weighted by atomic mass is 32.2. The van der Waals surface area contributed by atoms with Gasteiger partial charge in [0.05, 0.1) is 10.6 Å². The molecule has 0 amide bonds. The first-order valence-electron chi connectivity index (χ1n) is 10.0. The maximum atomic E-state index is 12.9. The molecule has 5 rings (SSSR count). The molecule has 150 valence electrons. The summed E-state index contributed by atoms with van der Waals surface area (Å²) in [5.74, 6) is 0. The highest BCUT2D eigenvalue weighted by Gasteiger charge is 2.41. The summed E-state index contributed by atoms with van der Waals surface area (Å²) in [7, 11) is -1.44. The number of piperazine rings is 1. The first kappa shape index (κ1) is 18.5. The van der Waals surface area contributed by atoms with E-state index in [9.17, 15) is 8.42 Å². The van der Waals surface area contributed by atoms with Gasteiger partial charge in [-0.1, -0.05) is 42.0 Å². The predicted octanol–water partition coefficient (Wildman–Crippen LogP) is 3.84. The van der Waals surface area contributed by atoms with Crippen LogP contribution >= 0.6 is 0 Å². The third kappa shape index (κ3) is 3.16. The average Bonchev–Trinajstić information content (AvgIpc) is 3.28. The zero-order valence-electron chi connectivity index (χ0n) is 16.7. The van der Waals surface area contributed by atoms with E-state index >= 15 is 0 Å². The van der Waals surface area contributed by atoms with Gasteiger partial charge in [-0.05, 0) is 44.7 Å². The largest absolute Gasteiger partial charge is 0.365 e. The molecule has 2 fully saturated rings. The summed E-state index contributed by atoms with van der Waals surface area (Å²) < 4.78 is 28.6. The van der Waals surface area contributed by atoms with Gasteiger partial charge in [0.1, 0.15) is 0 Å². The van der Waals surface area contributed by atoms with Crippen LogP contribution in [0, 0.1) is 6.92 Å². The second kappa shape index (κ2) is 6.75. The van der Waals surface area contributed by atoms with E-state index in [4.69, 9.17) is 0 Å². The lowest BCUT2D eigenvalue weighted by atomic mass is 10.1. The highest BCUT2D eigenvalue weighted by Crippen LogP contribution is 2.39. The molecule has 0 aliphatic carbocycles. The molecule has 2 saturated heterocycles. The van der Waals surface area contributed by atoms with Gasteiger partial charge in [-0.2, -0.15) is 0 Å². The van der Waals surface area contributed by atoms with Gasteiger partial charge in [0.2, 0.25) is 0 Å². The minimum Gasteiger partial charge on any atom is -0.365 e. The lowest BCUT2D eigenvalue weighted by molar-refractivity contribution is 0.293. The molecule has 6 heteroatoms. The molecule has 2 aliphatic heterocycles. The predicted molar refractivity (Wildman–Crippen MR) is 118 cm³/mol. The van der Waals surface area contributed by atoms with Crippen LogP contribution in [0.3, 0.4) is 0 Å². The van der Waals surface area contributed by atoms with Gasteiger partial charge in [-0.3, -0.25) is 9.62 Å². The number of likely N-dealkylation sites (N-methyl/N-ethyl adjacent to an activating group) is 1. The first-order valence-corrected chi connectivity index (χ1v) is 11.5. The third-order valence-electron chi connectivity index (χ3n) is 6.30. The zero-order chi connectivity index (χ0) is 20.2. The Morgan fingerprint density at radius 1 is 0.897 bits per heavy atom. The normalized spacial score (nSPS) is 21.8. The fourth-order valence-corrected chi connectivity index (χ4v) is 5.78. The number of likely N-dealkylation sites (tertiary alicyclic amines) is 1. The van der Waals surface area contributed by atoms with Crippen molar-refractivity contribution in [2.24, 2.45) is 0 Å². The molecular formula is C23H25N3O2S. The second-order valence-corrected chi connectivity index (χ2v) is 9.91. The van der Waals surface area contributed by atoms with E-state index in [0.717, 1.165) is 29.4 Å². The summed E-state index contributed by atoms with van der Waals surface area (Å²) in [6.07, 6.45) is 1.20. The molecule has 2 atom stereocenters. The van der Waals surface area contributed by atoms with Crippen LogP contribution in [0.1, 0.15) is 12.0 Å². The summed E-state index contributed by atoms with van der Waals surface area (Å²) in [6, 6.07) is 20.1. The van der Waals surface area contributed by atoms with Crippen molar-refractivity contribution >= 4 is 32.2 Å². The van der Waals surface area contributed by atoms with Crippen LogP contribution < -0.4 is 9.62 Å². The standard InChI is InChI=1S/C23H25N3O2S/c1-16-7-9-19(10-8-16)29(27,28)24-22-11-12-23(21-6-4-3-5-20(21)22)26-15-17-13-18(26)14-25(17)2/h3-12,17-18,24H,13-15H2,1-2H3. The molecule has 29 heavy (non-hydrogen) atoms. The van der Waals surface area contributed by atoms with Gasteiger partial charge in [0, 0.05) is 41.6 Å². The van der Waals surface area contributed by atoms with E-state index < -0.39 is 10.0 Å². The van der Waals surface area contributed by atoms with Crippen molar-refractivity contribution in [2.45, 2.75) is 30.3 Å². The molecule has 0 radical (unpaired) electrons. The van der Waals surface area contributed by atoms with E-state index in [0.29, 0.717) is 17.8 Å². The Hall–Kier alpha value is -2.57. The molecule has 1 N–H and O–H groups in total. The molecule has 0 aromatic heterocycles. The van der Waals surface area contributed by atoms with Gasteiger partial charge < -0.3 is 4.90 Å². The number of nitrogens with one attached hydrogen (secondary N) is 1. The number of sulfonamides is 1. The summed E-state index contributed by atoms with van der Waals surface area (Å²) in [5, 5.41) is 2.02. The topological polar surface area (TPSA) is 52.7 Å². The molecule has 0 saturated carbocycles. The molecule has 2 unspecified atom stereocenters. The van der Waals surface area contributed by atoms with Crippen molar-refractivity contribution in [1.82, 2.24) is 4.90 Å². The Morgan fingerprint density at radius 2 is 1.62 bits per heavy atom. The first-order chi connectivity index (χ1) is 13.9. The molecular weight excluding hydrogens is 382 g/mol. The smallest absolute Gasteiger partial charge is 0.261 e. The maximum Gasteiger partial charge on any atom is 0.261 e. The average molecular weight is 408 g/mol. The number of benzene rings is 3. The van der Waals surface area contributed by atoms with Gasteiger partial charge in [-0.15, -0.1) is 0 Å². The molecule has 3 aromatic carbocycles. The minimum absolute atomic E-state index is 0.274. The molecule has 2 bridgehead atoms. The fraction of sp³-hybridized carbons (Fsp3) is 0.304. The van der Waals surface area contributed by atoms with Gasteiger partial charge >= 0.3 is 0 Å². The summed E-state index contributed by atoms with van der Waals surface area (Å²) in [6.45, 7) is 4.05. The lowest BCUT2D eigenvalue weighted by Gasteiger charge is -2.34. The van der Waals surface area contributed by atoms with Crippen LogP contribution in [0.4, 0.5) is 11.4 Å². The second-order valence-electron chi connectivity index (χ2n) is 8.23. The number of nitrogens with zero attached hydrogens (tertiary/aromatic N) is 2.